The molecule has 1 atom stereocenters. The number of esters is 1. The minimum absolute atomic E-state index is 0.0630. The molecule has 6 heteroatoms. The van der Waals surface area contributed by atoms with Gasteiger partial charge in [0.25, 0.3) is 0 Å². The van der Waals surface area contributed by atoms with Crippen molar-refractivity contribution in [2.24, 2.45) is 0 Å². The smallest absolute Gasteiger partial charge is 0.305 e. The number of ether oxygens (including phenoxy) is 2. The Kier molecular flexibility index (Phi) is 6.29. The fraction of sp³-hybridized carbons (Fsp3) is 0.238. The van der Waals surface area contributed by atoms with Gasteiger partial charge in [-0.15, -0.1) is 0 Å². The van der Waals surface area contributed by atoms with Crippen molar-refractivity contribution in [1.82, 2.24) is 4.98 Å². The Hall–Kier alpha value is -2.60. The predicted octanol–water partition coefficient (Wildman–Crippen LogP) is 5.46. The molecular weight excluding hydrogens is 408 g/mol. The molecule has 0 aliphatic carbocycles. The zero-order valence-electron chi connectivity index (χ0n) is 15.2. The van der Waals surface area contributed by atoms with Crippen LogP contribution >= 0.6 is 15.9 Å². The zero-order chi connectivity index (χ0) is 19.2. The number of nitrogens with one attached hydrogen (secondary N) is 1. The number of anilines is 2. The number of nitrogens with zero attached hydrogens (tertiary/aromatic N) is 1. The fourth-order valence-electron chi connectivity index (χ4n) is 2.66. The number of hydrogen-bond donors (Lipinski definition) is 1. The van der Waals surface area contributed by atoms with Gasteiger partial charge in [0.1, 0.15) is 5.75 Å². The topological polar surface area (TPSA) is 60.5 Å². The molecule has 0 aliphatic heterocycles. The van der Waals surface area contributed by atoms with Crippen LogP contribution < -0.4 is 10.1 Å². The van der Waals surface area contributed by atoms with Crippen LogP contribution in [-0.4, -0.2) is 24.2 Å². The molecule has 5 nitrogen and oxygen atoms in total. The van der Waals surface area contributed by atoms with E-state index in [9.17, 15) is 4.79 Å². The lowest BCUT2D eigenvalue weighted by Crippen LogP contribution is -2.14. The van der Waals surface area contributed by atoms with Crippen molar-refractivity contribution in [3.63, 3.8) is 0 Å². The maximum atomic E-state index is 11.2. The van der Waals surface area contributed by atoms with E-state index < -0.39 is 0 Å². The van der Waals surface area contributed by atoms with E-state index in [4.69, 9.17) is 4.74 Å². The van der Waals surface area contributed by atoms with Crippen molar-refractivity contribution < 1.29 is 14.3 Å². The summed E-state index contributed by atoms with van der Waals surface area (Å²) in [7, 11) is 1.39. The van der Waals surface area contributed by atoms with Crippen LogP contribution in [-0.2, 0) is 9.53 Å². The average molecular weight is 429 g/mol. The maximum Gasteiger partial charge on any atom is 0.305 e. The molecule has 1 heterocycles. The van der Waals surface area contributed by atoms with E-state index in [2.05, 4.69) is 37.0 Å². The average Bonchev–Trinajstić information content (AvgIpc) is 2.67. The van der Waals surface area contributed by atoms with Gasteiger partial charge in [-0.3, -0.25) is 9.78 Å². The number of fused-ring (bicyclic) bond motifs is 1. The van der Waals surface area contributed by atoms with Gasteiger partial charge < -0.3 is 14.8 Å². The largest absolute Gasteiger partial charge is 0.491 e. The Bertz CT molecular complexity index is 928. The van der Waals surface area contributed by atoms with Gasteiger partial charge in [-0.2, -0.15) is 0 Å². The molecule has 27 heavy (non-hydrogen) atoms. The molecule has 3 aromatic rings. The van der Waals surface area contributed by atoms with Gasteiger partial charge in [0, 0.05) is 22.0 Å². The van der Waals surface area contributed by atoms with Crippen LogP contribution in [0.4, 0.5) is 11.4 Å². The first-order chi connectivity index (χ1) is 13.0. The molecule has 3 rings (SSSR count). The lowest BCUT2D eigenvalue weighted by atomic mass is 10.2. The molecule has 140 valence electrons. The highest BCUT2D eigenvalue weighted by Crippen LogP contribution is 2.24. The van der Waals surface area contributed by atoms with Crippen LogP contribution in [0.15, 0.2) is 59.2 Å². The zero-order valence-corrected chi connectivity index (χ0v) is 16.8. The number of benzene rings is 2. The first-order valence-corrected chi connectivity index (χ1v) is 9.48. The Labute approximate surface area is 166 Å². The Morgan fingerprint density at radius 2 is 1.93 bits per heavy atom. The molecule has 1 N–H and O–H groups in total. The molecule has 0 amide bonds. The molecular formula is C21H21BrN2O3. The van der Waals surface area contributed by atoms with E-state index in [0.29, 0.717) is 12.8 Å². The molecule has 2 aromatic carbocycles. The van der Waals surface area contributed by atoms with Gasteiger partial charge in [-0.05, 0) is 55.8 Å². The number of pyridine rings is 1. The van der Waals surface area contributed by atoms with E-state index in [1.54, 1.807) is 0 Å². The lowest BCUT2D eigenvalue weighted by molar-refractivity contribution is -0.141. The van der Waals surface area contributed by atoms with Gasteiger partial charge in [0.15, 0.2) is 0 Å². The quantitative estimate of drug-likeness (QED) is 0.506. The summed E-state index contributed by atoms with van der Waals surface area (Å²) in [5.41, 5.74) is 2.81. The SMILES string of the molecule is COC(=O)CCC(C)Oc1ccc(Nc2cnc3cc(Br)ccc3c2)cc1. The monoisotopic (exact) mass is 428 g/mol. The third-order valence-corrected chi connectivity index (χ3v) is 4.60. The molecule has 0 fully saturated rings. The molecule has 0 bridgehead atoms. The summed E-state index contributed by atoms with van der Waals surface area (Å²) < 4.78 is 11.5. The Morgan fingerprint density at radius 3 is 2.67 bits per heavy atom. The highest BCUT2D eigenvalue weighted by Gasteiger charge is 2.08. The molecule has 0 saturated heterocycles. The minimum atomic E-state index is -0.221. The first-order valence-electron chi connectivity index (χ1n) is 8.69. The van der Waals surface area contributed by atoms with E-state index >= 15 is 0 Å². The van der Waals surface area contributed by atoms with Crippen molar-refractivity contribution in [2.45, 2.75) is 25.9 Å². The summed E-state index contributed by atoms with van der Waals surface area (Å²) in [5.74, 6) is 0.542. The summed E-state index contributed by atoms with van der Waals surface area (Å²) >= 11 is 3.46. The first kappa shape index (κ1) is 19.2. The summed E-state index contributed by atoms with van der Waals surface area (Å²) in [6.45, 7) is 1.94. The van der Waals surface area contributed by atoms with Crippen molar-refractivity contribution in [1.29, 1.82) is 0 Å². The predicted molar refractivity (Wildman–Crippen MR) is 111 cm³/mol. The van der Waals surface area contributed by atoms with E-state index in [-0.39, 0.29) is 12.1 Å². The van der Waals surface area contributed by atoms with E-state index in [1.807, 2.05) is 55.6 Å². The van der Waals surface area contributed by atoms with Crippen LogP contribution in [0.5, 0.6) is 5.75 Å². The molecule has 1 aromatic heterocycles. The summed E-state index contributed by atoms with van der Waals surface area (Å²) in [6.07, 6.45) is 2.72. The number of halogens is 1. The van der Waals surface area contributed by atoms with Gasteiger partial charge >= 0.3 is 5.97 Å². The van der Waals surface area contributed by atoms with Crippen molar-refractivity contribution in [3.05, 3.63) is 59.2 Å². The van der Waals surface area contributed by atoms with Gasteiger partial charge in [-0.1, -0.05) is 22.0 Å². The van der Waals surface area contributed by atoms with Crippen LogP contribution in [0, 0.1) is 0 Å². The second-order valence-electron chi connectivity index (χ2n) is 6.25. The lowest BCUT2D eigenvalue weighted by Gasteiger charge is -2.15. The minimum Gasteiger partial charge on any atom is -0.491 e. The Morgan fingerprint density at radius 1 is 1.15 bits per heavy atom. The highest BCUT2D eigenvalue weighted by atomic mass is 79.9. The van der Waals surface area contributed by atoms with E-state index in [1.165, 1.54) is 7.11 Å². The van der Waals surface area contributed by atoms with Crippen LogP contribution in [0.2, 0.25) is 0 Å². The third kappa shape index (κ3) is 5.44. The third-order valence-electron chi connectivity index (χ3n) is 4.11. The second kappa shape index (κ2) is 8.86. The van der Waals surface area contributed by atoms with E-state index in [0.717, 1.165) is 32.5 Å². The number of methoxy groups -OCH3 is 1. The van der Waals surface area contributed by atoms with Crippen LogP contribution in [0.3, 0.4) is 0 Å². The fourth-order valence-corrected chi connectivity index (χ4v) is 3.01. The summed E-state index contributed by atoms with van der Waals surface area (Å²) in [5, 5.41) is 4.42. The normalized spacial score (nSPS) is 11.8. The van der Waals surface area contributed by atoms with Crippen LogP contribution in [0.1, 0.15) is 19.8 Å². The van der Waals surface area contributed by atoms with Crippen molar-refractivity contribution >= 4 is 44.2 Å². The van der Waals surface area contributed by atoms with Gasteiger partial charge in [-0.25, -0.2) is 0 Å². The standard InChI is InChI=1S/C21H21BrN2O3/c1-14(3-10-21(25)26-2)27-19-8-6-17(7-9-19)24-18-11-15-4-5-16(22)12-20(15)23-13-18/h4-9,11-14,24H,3,10H2,1-2H3. The summed E-state index contributed by atoms with van der Waals surface area (Å²) in [6, 6.07) is 15.8. The van der Waals surface area contributed by atoms with Gasteiger partial charge in [0.05, 0.1) is 30.6 Å². The number of aromatic nitrogens is 1. The summed E-state index contributed by atoms with van der Waals surface area (Å²) in [4.78, 5) is 15.7. The number of rotatable bonds is 7. The highest BCUT2D eigenvalue weighted by molar-refractivity contribution is 9.10. The molecule has 0 aliphatic rings. The molecule has 0 spiro atoms. The number of carbonyl (C=O) groups excluding carboxylic acids is 1. The molecule has 0 radical (unpaired) electrons. The van der Waals surface area contributed by atoms with Crippen molar-refractivity contribution in [2.75, 3.05) is 12.4 Å². The molecule has 0 saturated carbocycles. The maximum absolute atomic E-state index is 11.2. The Balaban J connectivity index is 1.60. The number of carbonyl (C=O) groups is 1. The van der Waals surface area contributed by atoms with Gasteiger partial charge in [0.2, 0.25) is 0 Å². The van der Waals surface area contributed by atoms with Crippen molar-refractivity contribution in [3.8, 4) is 5.75 Å². The van der Waals surface area contributed by atoms with Crippen LogP contribution in [0.25, 0.3) is 10.9 Å². The number of hydrogen-bond acceptors (Lipinski definition) is 5. The second-order valence-corrected chi connectivity index (χ2v) is 7.17. The molecule has 1 unspecified atom stereocenters.